The highest BCUT2D eigenvalue weighted by atomic mass is 16.4. The fourth-order valence-electron chi connectivity index (χ4n) is 5.01. The van der Waals surface area contributed by atoms with Gasteiger partial charge in [0.05, 0.1) is 25.5 Å². The lowest BCUT2D eigenvalue weighted by Crippen LogP contribution is -2.62. The molecular formula is C34H49BN8O10. The number of aryl methyl sites for hydroxylation is 1. The fraction of sp³-hybridized carbons (Fsp3) is 0.441. The van der Waals surface area contributed by atoms with Crippen LogP contribution in [0.25, 0.3) is 11.1 Å². The van der Waals surface area contributed by atoms with E-state index in [1.54, 1.807) is 24.3 Å². The minimum Gasteiger partial charge on any atom is -0.426 e. The monoisotopic (exact) mass is 740 g/mol. The highest BCUT2D eigenvalue weighted by Crippen LogP contribution is 2.21. The number of rotatable bonds is 20. The van der Waals surface area contributed by atoms with Crippen molar-refractivity contribution in [3.63, 3.8) is 0 Å². The maximum atomic E-state index is 13.0. The van der Waals surface area contributed by atoms with E-state index in [1.165, 1.54) is 19.4 Å². The van der Waals surface area contributed by atoms with Crippen LogP contribution in [0.3, 0.4) is 0 Å². The van der Waals surface area contributed by atoms with Gasteiger partial charge in [-0.1, -0.05) is 49.7 Å². The lowest BCUT2D eigenvalue weighted by molar-refractivity contribution is -0.144. The zero-order chi connectivity index (χ0) is 39.8. The van der Waals surface area contributed by atoms with Crippen molar-refractivity contribution in [1.29, 1.82) is 0 Å². The van der Waals surface area contributed by atoms with E-state index >= 15 is 0 Å². The summed E-state index contributed by atoms with van der Waals surface area (Å²) in [6.07, 6.45) is -1.41. The Labute approximate surface area is 307 Å². The third-order valence-electron chi connectivity index (χ3n) is 8.02. The van der Waals surface area contributed by atoms with E-state index < -0.39 is 98.3 Å². The summed E-state index contributed by atoms with van der Waals surface area (Å²) in [7, 11) is -0.756. The third kappa shape index (κ3) is 14.3. The van der Waals surface area contributed by atoms with Gasteiger partial charge in [0.2, 0.25) is 29.5 Å². The van der Waals surface area contributed by atoms with Crippen LogP contribution >= 0.6 is 0 Å². The minimum absolute atomic E-state index is 0.314. The van der Waals surface area contributed by atoms with Crippen molar-refractivity contribution in [3.8, 4) is 11.1 Å². The molecule has 53 heavy (non-hydrogen) atoms. The van der Waals surface area contributed by atoms with Gasteiger partial charge in [-0.3, -0.25) is 33.6 Å². The van der Waals surface area contributed by atoms with E-state index in [2.05, 4.69) is 45.6 Å². The number of likely N-dealkylation sites (N-methyl/N-ethyl adjacent to an activating group) is 1. The number of nitrogens with two attached hydrogens (primary N) is 2. The van der Waals surface area contributed by atoms with Gasteiger partial charge in [-0.05, 0) is 55.5 Å². The average Bonchev–Trinajstić information content (AvgIpc) is 3.11. The highest BCUT2D eigenvalue weighted by Gasteiger charge is 2.34. The quantitative estimate of drug-likeness (QED) is 0.0483. The van der Waals surface area contributed by atoms with Gasteiger partial charge < -0.3 is 58.1 Å². The number of aliphatic hydroxyl groups excluding tert-OH is 1. The molecule has 0 bridgehead atoms. The van der Waals surface area contributed by atoms with Crippen LogP contribution in [-0.2, 0) is 35.2 Å². The van der Waals surface area contributed by atoms with Crippen LogP contribution in [0.15, 0.2) is 48.5 Å². The number of hydrogen-bond donors (Lipinski definition) is 10. The maximum Gasteiger partial charge on any atom is 0.472 e. The van der Waals surface area contributed by atoms with Crippen molar-refractivity contribution in [1.82, 2.24) is 31.5 Å². The lowest BCUT2D eigenvalue weighted by Gasteiger charge is -2.30. The van der Waals surface area contributed by atoms with Crippen LogP contribution in [0.1, 0.15) is 56.0 Å². The van der Waals surface area contributed by atoms with E-state index in [4.69, 9.17) is 21.5 Å². The number of aliphatic hydroxyl groups is 1. The van der Waals surface area contributed by atoms with Crippen LogP contribution in [-0.4, -0.2) is 119 Å². The lowest BCUT2D eigenvalue weighted by atomic mass is 9.92. The first kappa shape index (κ1) is 43.8. The molecule has 0 heterocycles. The molecule has 2 aromatic rings. The number of primary amides is 1. The largest absolute Gasteiger partial charge is 0.472 e. The number of nitrogens with zero attached hydrogens (tertiary/aromatic N) is 1. The molecule has 12 N–H and O–H groups in total. The Morgan fingerprint density at radius 2 is 1.40 bits per heavy atom. The Bertz CT molecular complexity index is 1590. The second kappa shape index (κ2) is 21.2. The molecule has 0 aliphatic heterocycles. The second-order valence-corrected chi connectivity index (χ2v) is 12.4. The number of benzene rings is 2. The third-order valence-corrected chi connectivity index (χ3v) is 8.02. The topological polar surface area (TPSA) is 296 Å². The fourth-order valence-corrected chi connectivity index (χ4v) is 5.01. The number of nitrogens with one attached hydrogen (secondary N) is 5. The van der Waals surface area contributed by atoms with Gasteiger partial charge in [-0.25, -0.2) is 0 Å². The molecule has 5 unspecified atom stereocenters. The Hall–Kier alpha value is -5.37. The van der Waals surface area contributed by atoms with E-state index in [1.807, 2.05) is 12.1 Å². The molecule has 0 spiro atoms. The van der Waals surface area contributed by atoms with Crippen molar-refractivity contribution in [3.05, 3.63) is 59.7 Å². The molecule has 7 amide bonds. The molecule has 0 aliphatic rings. The predicted octanol–water partition coefficient (Wildman–Crippen LogP) is -2.97. The number of carbonyl (C=O) groups excluding carboxylic acids is 7. The van der Waals surface area contributed by atoms with Crippen LogP contribution in [0, 0.1) is 0 Å². The van der Waals surface area contributed by atoms with Crippen LogP contribution in [0.2, 0.25) is 0 Å². The molecule has 0 fully saturated rings. The van der Waals surface area contributed by atoms with Crippen LogP contribution in [0.5, 0.6) is 0 Å². The minimum atomic E-state index is -1.92. The molecule has 2 rings (SSSR count). The van der Waals surface area contributed by atoms with E-state index in [9.17, 15) is 38.7 Å². The molecule has 0 saturated carbocycles. The smallest absolute Gasteiger partial charge is 0.426 e. The molecule has 0 aromatic heterocycles. The van der Waals surface area contributed by atoms with Crippen molar-refractivity contribution in [2.75, 3.05) is 20.0 Å². The SMILES string of the molecule is CCCCc1ccc(-c2ccc(C(=O)NC(C)C(=O)NCC(=O)N(C)C(C(=O)NC(N)C(=O)NC(CC(N)=O)C(=O)NCB(O)O)C(C)O)cc2)cc1. The van der Waals surface area contributed by atoms with Gasteiger partial charge in [0.15, 0.2) is 6.17 Å². The molecule has 0 radical (unpaired) electrons. The number of carbonyl (C=O) groups is 7. The number of hydrogen-bond acceptors (Lipinski definition) is 11. The van der Waals surface area contributed by atoms with Crippen LogP contribution in [0.4, 0.5) is 0 Å². The van der Waals surface area contributed by atoms with Crippen LogP contribution < -0.4 is 38.1 Å². The summed E-state index contributed by atoms with van der Waals surface area (Å²) in [6.45, 7) is 4.12. The summed E-state index contributed by atoms with van der Waals surface area (Å²) in [5.41, 5.74) is 14.4. The summed E-state index contributed by atoms with van der Waals surface area (Å²) in [4.78, 5) is 88.6. The highest BCUT2D eigenvalue weighted by molar-refractivity contribution is 6.41. The first-order chi connectivity index (χ1) is 24.9. The first-order valence-electron chi connectivity index (χ1n) is 16.9. The number of amides is 7. The maximum absolute atomic E-state index is 13.0. The Morgan fingerprint density at radius 3 is 1.92 bits per heavy atom. The summed E-state index contributed by atoms with van der Waals surface area (Å²) in [6, 6.07) is 10.8. The summed E-state index contributed by atoms with van der Waals surface area (Å²) < 4.78 is 0. The molecule has 18 nitrogen and oxygen atoms in total. The van der Waals surface area contributed by atoms with Crippen molar-refractivity contribution < 1.29 is 48.7 Å². The van der Waals surface area contributed by atoms with Crippen molar-refractivity contribution in [2.24, 2.45) is 11.5 Å². The molecule has 2 aromatic carbocycles. The van der Waals surface area contributed by atoms with E-state index in [0.29, 0.717) is 5.56 Å². The van der Waals surface area contributed by atoms with E-state index in [0.717, 1.165) is 42.3 Å². The molecule has 5 atom stereocenters. The Kier molecular flexibility index (Phi) is 17.5. The standard InChI is InChI=1S/C34H49BN8O10/c1-5-6-7-21-8-10-22(11-9-21)23-12-14-24(15-13-23)31(48)40-19(2)30(47)38-17-27(46)43(4)28(20(3)44)33(50)42-29(37)34(51)41-25(16-26(36)45)32(49)39-18-35(52)53/h8-15,19-20,25,28-29,44,52-53H,5-7,16-18,37H2,1-4H3,(H2,36,45)(H,38,47)(H,39,49)(H,40,48)(H,41,51)(H,42,50). The summed E-state index contributed by atoms with van der Waals surface area (Å²) >= 11 is 0. The second-order valence-electron chi connectivity index (χ2n) is 12.4. The van der Waals surface area contributed by atoms with Gasteiger partial charge in [-0.15, -0.1) is 0 Å². The zero-order valence-electron chi connectivity index (χ0n) is 30.1. The molecule has 0 saturated heterocycles. The number of unbranched alkanes of at least 4 members (excludes halogenated alkanes) is 1. The van der Waals surface area contributed by atoms with Gasteiger partial charge in [0, 0.05) is 12.6 Å². The Morgan fingerprint density at radius 1 is 0.811 bits per heavy atom. The van der Waals surface area contributed by atoms with Crippen molar-refractivity contribution in [2.45, 2.75) is 76.8 Å². The van der Waals surface area contributed by atoms with Gasteiger partial charge in [0.1, 0.15) is 18.1 Å². The summed E-state index contributed by atoms with van der Waals surface area (Å²) in [5.74, 6) is -6.28. The van der Waals surface area contributed by atoms with E-state index in [-0.39, 0.29) is 0 Å². The van der Waals surface area contributed by atoms with Gasteiger partial charge >= 0.3 is 7.12 Å². The molecule has 0 aliphatic carbocycles. The normalized spacial score (nSPS) is 13.6. The van der Waals surface area contributed by atoms with Gasteiger partial charge in [0.25, 0.3) is 11.8 Å². The Balaban J connectivity index is 1.93. The van der Waals surface area contributed by atoms with Crippen molar-refractivity contribution >= 4 is 48.5 Å². The summed E-state index contributed by atoms with van der Waals surface area (Å²) in [5, 5.41) is 39.4. The molecule has 19 heteroatoms. The zero-order valence-corrected chi connectivity index (χ0v) is 30.1. The first-order valence-corrected chi connectivity index (χ1v) is 16.9. The predicted molar refractivity (Wildman–Crippen MR) is 194 cm³/mol. The average molecular weight is 741 g/mol. The molecular weight excluding hydrogens is 691 g/mol. The van der Waals surface area contributed by atoms with Gasteiger partial charge in [-0.2, -0.15) is 0 Å². The molecule has 288 valence electrons.